The lowest BCUT2D eigenvalue weighted by molar-refractivity contribution is 0.0694. The molecule has 0 bridgehead atoms. The zero-order valence-corrected chi connectivity index (χ0v) is 14.1. The molecule has 3 aromatic rings. The predicted octanol–water partition coefficient (Wildman–Crippen LogP) is 1.99. The van der Waals surface area contributed by atoms with Gasteiger partial charge in [0, 0.05) is 23.6 Å². The summed E-state index contributed by atoms with van der Waals surface area (Å²) in [5.41, 5.74) is -1.85. The van der Waals surface area contributed by atoms with Crippen LogP contribution in [0.25, 0.3) is 5.52 Å². The van der Waals surface area contributed by atoms with Gasteiger partial charge in [0.25, 0.3) is 5.56 Å². The Kier molecular flexibility index (Phi) is 5.20. The second-order valence-corrected chi connectivity index (χ2v) is 5.58. The zero-order valence-electron chi connectivity index (χ0n) is 12.5. The van der Waals surface area contributed by atoms with E-state index in [1.54, 1.807) is 24.3 Å². The van der Waals surface area contributed by atoms with Crippen LogP contribution in [0.5, 0.6) is 5.75 Å². The standard InChI is InChI=1S/C16H11ClN2O5.ClH/c17-10-3-1-2-9(6-10)7-19-5-4-18-8-11(16(23)24)13(20)14(21)12(18)15(19)22;/h1-6,8,21H,7H2,(H,23,24);1H. The Labute approximate surface area is 151 Å². The molecule has 3 rings (SSSR count). The number of carboxylic acids is 1. The van der Waals surface area contributed by atoms with Gasteiger partial charge in [0.1, 0.15) is 5.56 Å². The van der Waals surface area contributed by atoms with Crippen molar-refractivity contribution in [3.63, 3.8) is 0 Å². The third-order valence-corrected chi connectivity index (χ3v) is 3.79. The Hall–Kier alpha value is -2.77. The van der Waals surface area contributed by atoms with Gasteiger partial charge in [-0.1, -0.05) is 23.7 Å². The van der Waals surface area contributed by atoms with Gasteiger partial charge in [0.2, 0.25) is 5.43 Å². The summed E-state index contributed by atoms with van der Waals surface area (Å²) < 4.78 is 2.41. The first-order chi connectivity index (χ1) is 11.4. The van der Waals surface area contributed by atoms with E-state index in [1.165, 1.54) is 17.0 Å². The molecule has 25 heavy (non-hydrogen) atoms. The molecule has 0 aliphatic rings. The van der Waals surface area contributed by atoms with Crippen LogP contribution in [0, 0.1) is 0 Å². The Balaban J connectivity index is 0.00000225. The maximum Gasteiger partial charge on any atom is 0.341 e. The topological polar surface area (TPSA) is 101 Å². The van der Waals surface area contributed by atoms with Crippen molar-refractivity contribution >= 4 is 35.5 Å². The van der Waals surface area contributed by atoms with E-state index in [4.69, 9.17) is 16.7 Å². The minimum absolute atomic E-state index is 0. The van der Waals surface area contributed by atoms with Crippen molar-refractivity contribution in [2.45, 2.75) is 6.54 Å². The van der Waals surface area contributed by atoms with Gasteiger partial charge in [-0.15, -0.1) is 12.4 Å². The largest absolute Gasteiger partial charge is 0.503 e. The fourth-order valence-electron chi connectivity index (χ4n) is 2.41. The maximum atomic E-state index is 12.5. The van der Waals surface area contributed by atoms with E-state index < -0.39 is 28.3 Å². The monoisotopic (exact) mass is 382 g/mol. The summed E-state index contributed by atoms with van der Waals surface area (Å²) in [6.07, 6.45) is 3.84. The Morgan fingerprint density at radius 3 is 2.56 bits per heavy atom. The average Bonchev–Trinajstić information content (AvgIpc) is 2.53. The van der Waals surface area contributed by atoms with E-state index >= 15 is 0 Å². The Bertz CT molecular complexity index is 1090. The van der Waals surface area contributed by atoms with E-state index in [2.05, 4.69) is 0 Å². The summed E-state index contributed by atoms with van der Waals surface area (Å²) in [6.45, 7) is 0.185. The van der Waals surface area contributed by atoms with Crippen molar-refractivity contribution in [2.75, 3.05) is 0 Å². The number of aromatic nitrogens is 2. The SMILES string of the molecule is Cl.O=C(O)c1cn2ccn(Cc3cccc(Cl)c3)c(=O)c2c(O)c1=O. The van der Waals surface area contributed by atoms with Gasteiger partial charge in [-0.25, -0.2) is 4.79 Å². The number of benzene rings is 1. The number of aromatic hydroxyl groups is 1. The molecule has 0 amide bonds. The number of carboxylic acid groups (broad SMARTS) is 1. The molecule has 0 spiro atoms. The molecule has 1 aromatic carbocycles. The van der Waals surface area contributed by atoms with Crippen LogP contribution in [-0.2, 0) is 6.54 Å². The number of hydrogen-bond donors (Lipinski definition) is 2. The van der Waals surface area contributed by atoms with Crippen LogP contribution >= 0.6 is 24.0 Å². The molecule has 2 N–H and O–H groups in total. The predicted molar refractivity (Wildman–Crippen MR) is 94.4 cm³/mol. The first-order valence-electron chi connectivity index (χ1n) is 6.83. The lowest BCUT2D eigenvalue weighted by Crippen LogP contribution is -2.26. The van der Waals surface area contributed by atoms with Crippen molar-refractivity contribution in [2.24, 2.45) is 0 Å². The van der Waals surface area contributed by atoms with E-state index in [-0.39, 0.29) is 24.5 Å². The zero-order chi connectivity index (χ0) is 17.4. The molecule has 7 nitrogen and oxygen atoms in total. The third kappa shape index (κ3) is 3.38. The molecule has 2 heterocycles. The molecule has 130 valence electrons. The lowest BCUT2D eigenvalue weighted by atomic mass is 10.2. The smallest absolute Gasteiger partial charge is 0.341 e. The molecule has 0 aliphatic heterocycles. The lowest BCUT2D eigenvalue weighted by Gasteiger charge is -2.10. The minimum atomic E-state index is -1.48. The quantitative estimate of drug-likeness (QED) is 0.721. The summed E-state index contributed by atoms with van der Waals surface area (Å²) in [5, 5.41) is 19.5. The highest BCUT2D eigenvalue weighted by Crippen LogP contribution is 2.13. The molecular formula is C16H12Cl2N2O5. The van der Waals surface area contributed by atoms with Crippen LogP contribution in [0.1, 0.15) is 15.9 Å². The van der Waals surface area contributed by atoms with E-state index in [0.717, 1.165) is 16.2 Å². The molecule has 9 heteroatoms. The van der Waals surface area contributed by atoms with Gasteiger partial charge in [-0.3, -0.25) is 9.59 Å². The Morgan fingerprint density at radius 2 is 1.92 bits per heavy atom. The summed E-state index contributed by atoms with van der Waals surface area (Å²) in [4.78, 5) is 35.4. The molecule has 0 radical (unpaired) electrons. The van der Waals surface area contributed by atoms with Crippen LogP contribution in [0.3, 0.4) is 0 Å². The van der Waals surface area contributed by atoms with Crippen molar-refractivity contribution in [3.8, 4) is 5.75 Å². The van der Waals surface area contributed by atoms with Gasteiger partial charge < -0.3 is 19.2 Å². The van der Waals surface area contributed by atoms with Crippen molar-refractivity contribution in [1.82, 2.24) is 8.97 Å². The molecule has 0 saturated heterocycles. The molecule has 0 fully saturated rings. The number of nitrogens with zero attached hydrogens (tertiary/aromatic N) is 2. The number of carbonyl (C=O) groups is 1. The van der Waals surface area contributed by atoms with Crippen LogP contribution in [0.2, 0.25) is 5.02 Å². The van der Waals surface area contributed by atoms with Gasteiger partial charge in [0.15, 0.2) is 11.3 Å². The number of halogens is 2. The van der Waals surface area contributed by atoms with E-state index in [1.807, 2.05) is 0 Å². The van der Waals surface area contributed by atoms with Crippen molar-refractivity contribution in [1.29, 1.82) is 0 Å². The highest BCUT2D eigenvalue weighted by Gasteiger charge is 2.18. The maximum absolute atomic E-state index is 12.5. The molecule has 0 aliphatic carbocycles. The summed E-state index contributed by atoms with van der Waals surface area (Å²) in [6, 6.07) is 6.91. The first-order valence-corrected chi connectivity index (χ1v) is 7.21. The number of rotatable bonds is 3. The van der Waals surface area contributed by atoms with E-state index in [0.29, 0.717) is 5.02 Å². The van der Waals surface area contributed by atoms with Gasteiger partial charge in [-0.05, 0) is 17.7 Å². The second kappa shape index (κ2) is 7.00. The first kappa shape index (κ1) is 18.6. The average molecular weight is 383 g/mol. The highest BCUT2D eigenvalue weighted by atomic mass is 35.5. The van der Waals surface area contributed by atoms with Crippen molar-refractivity contribution in [3.05, 3.63) is 79.6 Å². The number of fused-ring (bicyclic) bond motifs is 1. The normalized spacial score (nSPS) is 10.4. The van der Waals surface area contributed by atoms with Gasteiger partial charge in [-0.2, -0.15) is 0 Å². The fraction of sp³-hybridized carbons (Fsp3) is 0.0625. The third-order valence-electron chi connectivity index (χ3n) is 3.55. The van der Waals surface area contributed by atoms with Crippen LogP contribution in [-0.4, -0.2) is 25.2 Å². The molecular weight excluding hydrogens is 371 g/mol. The van der Waals surface area contributed by atoms with Crippen LogP contribution in [0.15, 0.2) is 52.4 Å². The van der Waals surface area contributed by atoms with Crippen LogP contribution < -0.4 is 11.0 Å². The summed E-state index contributed by atoms with van der Waals surface area (Å²) in [5.74, 6) is -2.37. The second-order valence-electron chi connectivity index (χ2n) is 5.14. The number of aromatic carboxylic acids is 1. The number of hydrogen-bond acceptors (Lipinski definition) is 4. The summed E-state index contributed by atoms with van der Waals surface area (Å²) in [7, 11) is 0. The Morgan fingerprint density at radius 1 is 1.20 bits per heavy atom. The molecule has 0 unspecified atom stereocenters. The van der Waals surface area contributed by atoms with Crippen LogP contribution in [0.4, 0.5) is 0 Å². The fourth-order valence-corrected chi connectivity index (χ4v) is 2.63. The molecule has 0 atom stereocenters. The molecule has 0 saturated carbocycles. The van der Waals surface area contributed by atoms with E-state index in [9.17, 15) is 19.5 Å². The van der Waals surface area contributed by atoms with Gasteiger partial charge >= 0.3 is 5.97 Å². The van der Waals surface area contributed by atoms with Gasteiger partial charge in [0.05, 0.1) is 6.54 Å². The number of pyridine rings is 1. The highest BCUT2D eigenvalue weighted by molar-refractivity contribution is 6.30. The summed E-state index contributed by atoms with van der Waals surface area (Å²) >= 11 is 5.91. The molecule has 2 aromatic heterocycles. The minimum Gasteiger partial charge on any atom is -0.503 e. The van der Waals surface area contributed by atoms with Crippen molar-refractivity contribution < 1.29 is 15.0 Å².